The number of nitrogens with zero attached hydrogens (tertiary/aromatic N) is 1. The number of fused-ring (bicyclic) bond motifs is 1. The maximum absolute atomic E-state index is 13.9. The van der Waals surface area contributed by atoms with Gasteiger partial charge in [-0.1, -0.05) is 41.4 Å². The summed E-state index contributed by atoms with van der Waals surface area (Å²) in [6, 6.07) is 15.5. The van der Waals surface area contributed by atoms with Gasteiger partial charge in [0.1, 0.15) is 16.4 Å². The van der Waals surface area contributed by atoms with E-state index in [0.717, 1.165) is 23.1 Å². The molecule has 0 fully saturated rings. The average Bonchev–Trinajstić information content (AvgIpc) is 3.06. The van der Waals surface area contributed by atoms with E-state index in [1.807, 2.05) is 18.2 Å². The van der Waals surface area contributed by atoms with Crippen LogP contribution in [0.2, 0.25) is 10.0 Å². The lowest BCUT2D eigenvalue weighted by Gasteiger charge is -2.09. The lowest BCUT2D eigenvalue weighted by molar-refractivity contribution is 0.570. The summed E-state index contributed by atoms with van der Waals surface area (Å²) in [7, 11) is -4.15. The number of anilines is 1. The van der Waals surface area contributed by atoms with Gasteiger partial charge in [0.25, 0.3) is 10.0 Å². The lowest BCUT2D eigenvalue weighted by atomic mass is 10.1. The molecule has 28 heavy (non-hydrogen) atoms. The van der Waals surface area contributed by atoms with Gasteiger partial charge in [-0.15, -0.1) is 0 Å². The zero-order valence-electron chi connectivity index (χ0n) is 14.1. The van der Waals surface area contributed by atoms with Crippen molar-refractivity contribution in [3.63, 3.8) is 0 Å². The highest BCUT2D eigenvalue weighted by Crippen LogP contribution is 2.33. The number of nitrogens with one attached hydrogen (secondary N) is 2. The van der Waals surface area contributed by atoms with E-state index < -0.39 is 20.7 Å². The van der Waals surface area contributed by atoms with Gasteiger partial charge in [-0.2, -0.15) is 5.10 Å². The minimum Gasteiger partial charge on any atom is -0.279 e. The molecule has 0 saturated carbocycles. The molecule has 5 nitrogen and oxygen atoms in total. The van der Waals surface area contributed by atoms with Crippen LogP contribution < -0.4 is 4.72 Å². The number of aromatic nitrogens is 2. The summed E-state index contributed by atoms with van der Waals surface area (Å²) in [4.78, 5) is -0.526. The van der Waals surface area contributed by atoms with Crippen LogP contribution in [0, 0.1) is 5.82 Å². The molecule has 0 aliphatic rings. The average molecular weight is 436 g/mol. The number of hydrogen-bond donors (Lipinski definition) is 2. The first-order chi connectivity index (χ1) is 13.3. The van der Waals surface area contributed by atoms with Gasteiger partial charge >= 0.3 is 0 Å². The predicted octanol–water partition coefficient (Wildman–Crippen LogP) is 5.48. The van der Waals surface area contributed by atoms with Crippen LogP contribution >= 0.6 is 23.2 Å². The molecule has 0 aliphatic heterocycles. The van der Waals surface area contributed by atoms with Gasteiger partial charge in [0, 0.05) is 16.0 Å². The molecule has 0 radical (unpaired) electrons. The molecule has 0 spiro atoms. The third-order valence-corrected chi connectivity index (χ3v) is 6.09. The molecule has 4 rings (SSSR count). The van der Waals surface area contributed by atoms with E-state index in [4.69, 9.17) is 23.2 Å². The molecule has 2 N–H and O–H groups in total. The second-order valence-corrected chi connectivity index (χ2v) is 8.49. The number of hydrogen-bond acceptors (Lipinski definition) is 3. The smallest absolute Gasteiger partial charge is 0.264 e. The topological polar surface area (TPSA) is 74.8 Å². The van der Waals surface area contributed by atoms with Gasteiger partial charge < -0.3 is 0 Å². The van der Waals surface area contributed by atoms with Crippen molar-refractivity contribution < 1.29 is 12.8 Å². The highest BCUT2D eigenvalue weighted by atomic mass is 35.5. The van der Waals surface area contributed by atoms with E-state index in [2.05, 4.69) is 14.9 Å². The van der Waals surface area contributed by atoms with Crippen molar-refractivity contribution in [3.8, 4) is 11.3 Å². The summed E-state index contributed by atoms with van der Waals surface area (Å²) in [6.45, 7) is 0. The van der Waals surface area contributed by atoms with Crippen molar-refractivity contribution >= 4 is 49.8 Å². The Kier molecular flexibility index (Phi) is 4.74. The van der Waals surface area contributed by atoms with Crippen LogP contribution in [0.4, 0.5) is 10.1 Å². The van der Waals surface area contributed by atoms with Crippen LogP contribution in [-0.2, 0) is 10.0 Å². The van der Waals surface area contributed by atoms with Gasteiger partial charge in [0.2, 0.25) is 0 Å². The van der Waals surface area contributed by atoms with Crippen molar-refractivity contribution in [3.05, 3.63) is 76.5 Å². The molecular formula is C19H12Cl2FN3O2S. The zero-order chi connectivity index (χ0) is 19.9. The monoisotopic (exact) mass is 435 g/mol. The fourth-order valence-corrected chi connectivity index (χ4v) is 4.45. The molecule has 0 amide bonds. The van der Waals surface area contributed by atoms with Crippen LogP contribution in [0.25, 0.3) is 22.2 Å². The number of halogens is 3. The fraction of sp³-hybridized carbons (Fsp3) is 0. The van der Waals surface area contributed by atoms with Crippen molar-refractivity contribution in [2.24, 2.45) is 0 Å². The number of H-pyrrole nitrogens is 1. The zero-order valence-corrected chi connectivity index (χ0v) is 16.4. The molecule has 0 unspecified atom stereocenters. The first kappa shape index (κ1) is 18.7. The molecule has 3 aromatic carbocycles. The van der Waals surface area contributed by atoms with E-state index in [0.29, 0.717) is 16.2 Å². The van der Waals surface area contributed by atoms with Gasteiger partial charge in [-0.05, 0) is 42.5 Å². The molecule has 0 saturated heterocycles. The minimum atomic E-state index is -4.15. The van der Waals surface area contributed by atoms with Gasteiger partial charge in [-0.3, -0.25) is 9.82 Å². The first-order valence-corrected chi connectivity index (χ1v) is 10.3. The molecule has 1 heterocycles. The number of benzene rings is 3. The Morgan fingerprint density at radius 3 is 2.57 bits per heavy atom. The van der Waals surface area contributed by atoms with Crippen molar-refractivity contribution in [1.82, 2.24) is 10.2 Å². The van der Waals surface area contributed by atoms with Crippen LogP contribution in [0.1, 0.15) is 0 Å². The standard InChI is InChI=1S/C19H12Cl2FN3O2S/c20-11-5-8-16(22)18(9-11)28(26,27)25-12-6-7-14-17(10-12)23-24-19(14)13-3-1-2-4-15(13)21/h1-10,25H,(H,23,24). The normalized spacial score (nSPS) is 11.7. The Morgan fingerprint density at radius 2 is 1.79 bits per heavy atom. The molecule has 1 aromatic heterocycles. The number of rotatable bonds is 4. The summed E-state index contributed by atoms with van der Waals surface area (Å²) >= 11 is 12.0. The quantitative estimate of drug-likeness (QED) is 0.445. The van der Waals surface area contributed by atoms with E-state index in [1.165, 1.54) is 6.07 Å². The third kappa shape index (κ3) is 3.44. The highest BCUT2D eigenvalue weighted by molar-refractivity contribution is 7.92. The number of sulfonamides is 1. The van der Waals surface area contributed by atoms with Crippen molar-refractivity contribution in [1.29, 1.82) is 0 Å². The Morgan fingerprint density at radius 1 is 1.00 bits per heavy atom. The summed E-state index contributed by atoms with van der Waals surface area (Å²) in [6.07, 6.45) is 0. The summed E-state index contributed by atoms with van der Waals surface area (Å²) < 4.78 is 41.4. The maximum Gasteiger partial charge on any atom is 0.264 e. The van der Waals surface area contributed by atoms with E-state index in [-0.39, 0.29) is 10.7 Å². The maximum atomic E-state index is 13.9. The van der Waals surface area contributed by atoms with E-state index in [1.54, 1.807) is 24.3 Å². The fourth-order valence-electron chi connectivity index (χ4n) is 2.83. The largest absolute Gasteiger partial charge is 0.279 e. The molecule has 142 valence electrons. The minimum absolute atomic E-state index is 0.121. The van der Waals surface area contributed by atoms with Crippen LogP contribution in [0.5, 0.6) is 0 Å². The van der Waals surface area contributed by atoms with Crippen LogP contribution in [0.15, 0.2) is 65.6 Å². The van der Waals surface area contributed by atoms with Gasteiger partial charge in [-0.25, -0.2) is 12.8 Å². The Hall–Kier alpha value is -2.61. The predicted molar refractivity (Wildman–Crippen MR) is 109 cm³/mol. The molecule has 0 atom stereocenters. The third-order valence-electron chi connectivity index (χ3n) is 4.13. The van der Waals surface area contributed by atoms with Crippen molar-refractivity contribution in [2.45, 2.75) is 4.90 Å². The summed E-state index contributed by atoms with van der Waals surface area (Å²) in [5.41, 5.74) is 2.25. The number of aromatic amines is 1. The Balaban J connectivity index is 1.72. The summed E-state index contributed by atoms with van der Waals surface area (Å²) in [5, 5.41) is 8.59. The van der Waals surface area contributed by atoms with Crippen molar-refractivity contribution in [2.75, 3.05) is 4.72 Å². The first-order valence-electron chi connectivity index (χ1n) is 8.06. The molecule has 9 heteroatoms. The second-order valence-electron chi connectivity index (χ2n) is 5.99. The van der Waals surface area contributed by atoms with Gasteiger partial charge in [0.15, 0.2) is 0 Å². The van der Waals surface area contributed by atoms with E-state index in [9.17, 15) is 12.8 Å². The van der Waals surface area contributed by atoms with Gasteiger partial charge in [0.05, 0.1) is 16.2 Å². The highest BCUT2D eigenvalue weighted by Gasteiger charge is 2.20. The molecule has 4 aromatic rings. The summed E-state index contributed by atoms with van der Waals surface area (Å²) in [5.74, 6) is -0.888. The SMILES string of the molecule is O=S(=O)(Nc1ccc2c(-c3ccccc3Cl)n[nH]c2c1)c1cc(Cl)ccc1F. The molecular weight excluding hydrogens is 424 g/mol. The Labute approximate surface area is 170 Å². The lowest BCUT2D eigenvalue weighted by Crippen LogP contribution is -2.14. The van der Waals surface area contributed by atoms with Crippen LogP contribution in [0.3, 0.4) is 0 Å². The second kappa shape index (κ2) is 7.09. The molecule has 0 bridgehead atoms. The van der Waals surface area contributed by atoms with E-state index >= 15 is 0 Å². The Bertz CT molecular complexity index is 1310. The molecule has 0 aliphatic carbocycles. The van der Waals surface area contributed by atoms with Crippen LogP contribution in [-0.4, -0.2) is 18.6 Å².